The maximum Gasteiger partial charge on any atom is 0.424 e. The summed E-state index contributed by atoms with van der Waals surface area (Å²) >= 11 is 7.00. The number of ether oxygens (including phenoxy) is 10. The van der Waals surface area contributed by atoms with Gasteiger partial charge < -0.3 is 91.8 Å². The second-order valence-corrected chi connectivity index (χ2v) is 30.9. The lowest BCUT2D eigenvalue weighted by Crippen LogP contribution is -2.64. The molecule has 2 fully saturated rings. The number of aromatic nitrogens is 1. The number of methoxy groups -OCH3 is 5. The minimum atomic E-state index is -2.82. The number of alkyl carbamates (subject to hydrolysis) is 1. The number of allylic oxidation sites excluding steroid dienone is 3. The van der Waals surface area contributed by atoms with E-state index in [-0.39, 0.29) is 107 Å². The highest BCUT2D eigenvalue weighted by atomic mass is 35.5. The van der Waals surface area contributed by atoms with Crippen molar-refractivity contribution in [1.82, 2.24) is 49.7 Å². The first kappa shape index (κ1) is 92.4. The van der Waals surface area contributed by atoms with Gasteiger partial charge in [0.2, 0.25) is 41.4 Å². The normalized spacial score (nSPS) is 21.4. The van der Waals surface area contributed by atoms with Crippen LogP contribution in [0.3, 0.4) is 0 Å². The van der Waals surface area contributed by atoms with Crippen LogP contribution in [-0.4, -0.2) is 300 Å². The van der Waals surface area contributed by atoms with E-state index in [0.717, 1.165) is 59.1 Å². The summed E-state index contributed by atoms with van der Waals surface area (Å²) in [6.45, 7) is 7.05. The Labute approximate surface area is 698 Å². The quantitative estimate of drug-likeness (QED) is 0.0131. The molecule has 0 saturated carbocycles. The summed E-state index contributed by atoms with van der Waals surface area (Å²) in [6.07, 6.45) is -1.69. The zero-order valence-electron chi connectivity index (χ0n) is 70.6. The van der Waals surface area contributed by atoms with Gasteiger partial charge in [-0.25, -0.2) is 29.2 Å². The summed E-state index contributed by atoms with van der Waals surface area (Å²) in [6, 6.07) is 26.2. The number of nitrogens with zero attached hydrogens (tertiary/aromatic N) is 9. The highest BCUT2D eigenvalue weighted by molar-refractivity contribution is 6.35. The smallest absolute Gasteiger partial charge is 0.424 e. The van der Waals surface area contributed by atoms with Crippen molar-refractivity contribution in [2.45, 2.75) is 140 Å². The van der Waals surface area contributed by atoms with Gasteiger partial charge in [0.15, 0.2) is 11.3 Å². The SMILES string of the molecule is COCCN(CCC(=O)N(C)C(C)C(=O)O[C@]1(OC(=O)[C@H](C)N(C)C(C)=O)CC(=O)N(C)c2cc(cc(OC)c2Cl)C/C(C)=C/C=C/C(OC)[C@@]2(O)C[C@H](OC(=O)N2)[C@@H](C)[C@@H]2O[C@]21C)C(=O)CN(CCOC)C(=O)CN(CCOC)C(=O)CNC(=O)CCn1c(CN(C)N(C)C(=O)OCC2c3ccccc3-c3ccccc32)cc2ccccc21. The zero-order valence-corrected chi connectivity index (χ0v) is 71.3. The average Bonchev–Trinajstić information content (AvgIpc) is 1.54. The van der Waals surface area contributed by atoms with Gasteiger partial charge >= 0.3 is 24.1 Å². The first-order valence-electron chi connectivity index (χ1n) is 39.4. The summed E-state index contributed by atoms with van der Waals surface area (Å²) in [5, 5.41) is 21.5. The van der Waals surface area contributed by atoms with Crippen LogP contribution in [0.2, 0.25) is 5.02 Å². The number of aryl methyl sites for hydroxylation is 1. The van der Waals surface area contributed by atoms with E-state index in [0.29, 0.717) is 5.56 Å². The third kappa shape index (κ3) is 21.9. The number of nitrogens with one attached hydrogen (secondary N) is 2. The topological polar surface area (TPSA) is 359 Å². The van der Waals surface area contributed by atoms with Gasteiger partial charge in [-0.3, -0.25) is 38.9 Å². The number of para-hydroxylation sites is 1. The highest BCUT2D eigenvalue weighted by Crippen LogP contribution is 2.55. The van der Waals surface area contributed by atoms with E-state index in [2.05, 4.69) is 34.9 Å². The number of carbonyl (C=O) groups is 11. The Kier molecular flexibility index (Phi) is 31.8. The predicted octanol–water partition coefficient (Wildman–Crippen LogP) is 6.46. The molecule has 34 heteroatoms. The number of epoxide rings is 1. The number of hydrogen-bond acceptors (Lipinski definition) is 23. The fourth-order valence-electron chi connectivity index (χ4n) is 15.0. The molecule has 3 N–H and O–H groups in total. The molecule has 0 radical (unpaired) electrons. The van der Waals surface area contributed by atoms with Crippen molar-refractivity contribution < 1.29 is 105 Å². The number of esters is 2. The van der Waals surface area contributed by atoms with Crippen LogP contribution >= 0.6 is 11.6 Å². The van der Waals surface area contributed by atoms with Gasteiger partial charge in [0.1, 0.15) is 54.2 Å². The molecule has 2 unspecified atom stereocenters. The number of benzene rings is 4. The second kappa shape index (κ2) is 41.0. The standard InChI is InChI=1S/C85H112ClN11O22/c1-53-24-23-31-70(114-16)84(109)46-69(116-81(107)88-84)54(2)78-83(6,117-78)85(118-79(105)55(3)90(8)57(5)98,47-73(101)92(10)67-43-58(42-53)44-68(113-15)77(67)86)119-80(106)56(4)91(9)72(100)33-34-94(36-39-110-12)75(103)50-96(38-41-112-14)76(104)51-95(37-40-111-13)74(102)48-87-71(99)32-35-97-60(45-59-25-17-22-30-66(59)97)49-89(7)93(11)82(108)115-52-65-63-28-20-18-26-61(63)62-27-19-21-29-64(62)65/h17-31,43-45,54-56,65,69-70,78,109H,32-42,46-52H2,1-16H3,(H,87,99)(H,88,107)/b31-23+,53-24+/t54-,55+,56?,69+,70?,78+,83-,84+,85-/m1/s1. The van der Waals surface area contributed by atoms with Gasteiger partial charge in [0.05, 0.1) is 58.8 Å². The largest absolute Gasteiger partial charge is 0.495 e. The van der Waals surface area contributed by atoms with E-state index >= 15 is 9.59 Å². The van der Waals surface area contributed by atoms with E-state index < -0.39 is 151 Å². The number of hydrogen-bond donors (Lipinski definition) is 3. The van der Waals surface area contributed by atoms with Gasteiger partial charge in [-0.1, -0.05) is 109 Å². The number of rotatable bonds is 34. The Morgan fingerprint density at radius 3 is 1.92 bits per heavy atom. The average molecular weight is 1680 g/mol. The first-order chi connectivity index (χ1) is 56.6. The van der Waals surface area contributed by atoms with Crippen LogP contribution in [0, 0.1) is 5.92 Å². The first-order valence-corrected chi connectivity index (χ1v) is 39.7. The van der Waals surface area contributed by atoms with Crippen molar-refractivity contribution in [3.05, 3.63) is 142 Å². The third-order valence-corrected chi connectivity index (χ3v) is 23.1. The molecule has 2 saturated heterocycles. The lowest BCUT2D eigenvalue weighted by Gasteiger charge is -2.42. The number of halogens is 1. The van der Waals surface area contributed by atoms with E-state index in [1.807, 2.05) is 66.1 Å². The molecule has 33 nitrogen and oxygen atoms in total. The Balaban J connectivity index is 0.872. The number of aliphatic hydroxyl groups is 1. The number of fused-ring (bicyclic) bond motifs is 9. The van der Waals surface area contributed by atoms with Gasteiger partial charge in [-0.2, -0.15) is 0 Å². The second-order valence-electron chi connectivity index (χ2n) is 30.5. The fourth-order valence-corrected chi connectivity index (χ4v) is 15.3. The van der Waals surface area contributed by atoms with Crippen molar-refractivity contribution in [3.63, 3.8) is 0 Å². The van der Waals surface area contributed by atoms with Crippen LogP contribution in [0.1, 0.15) is 95.5 Å². The Bertz CT molecular complexity index is 4550. The molecular weight excluding hydrogens is 1560 g/mol. The summed E-state index contributed by atoms with van der Waals surface area (Å²) in [5.41, 5.74) is 3.44. The molecule has 4 aliphatic rings. The molecule has 9 atom stereocenters. The molecule has 9 rings (SSSR count). The fraction of sp³-hybridized carbons (Fsp3) is 0.518. The molecule has 1 aliphatic carbocycles. The summed E-state index contributed by atoms with van der Waals surface area (Å²) in [5.74, 6) is -10.7. The van der Waals surface area contributed by atoms with Crippen LogP contribution in [0.4, 0.5) is 15.3 Å². The lowest BCUT2D eigenvalue weighted by atomic mass is 9.82. The molecular formula is C85H112ClN11O22. The third-order valence-electron chi connectivity index (χ3n) is 22.7. The van der Waals surface area contributed by atoms with Gasteiger partial charge in [-0.15, -0.1) is 0 Å². The molecule has 1 aromatic heterocycles. The Morgan fingerprint density at radius 2 is 1.32 bits per heavy atom. The van der Waals surface area contributed by atoms with Crippen LogP contribution in [0.25, 0.3) is 22.0 Å². The predicted molar refractivity (Wildman–Crippen MR) is 438 cm³/mol. The zero-order chi connectivity index (χ0) is 87.0. The maximum absolute atomic E-state index is 15.4. The highest BCUT2D eigenvalue weighted by Gasteiger charge is 2.74. The minimum absolute atomic E-state index is 0.00000942. The van der Waals surface area contributed by atoms with Crippen LogP contribution in [0.5, 0.6) is 5.75 Å². The van der Waals surface area contributed by atoms with Crippen LogP contribution in [0.15, 0.2) is 115 Å². The summed E-state index contributed by atoms with van der Waals surface area (Å²) in [4.78, 5) is 164. The van der Waals surface area contributed by atoms with E-state index in [1.165, 1.54) is 104 Å². The number of carbonyl (C=O) groups excluding carboxylic acids is 11. The maximum atomic E-state index is 15.4. The monoisotopic (exact) mass is 1670 g/mol. The van der Waals surface area contributed by atoms with Crippen molar-refractivity contribution in [3.8, 4) is 16.9 Å². The van der Waals surface area contributed by atoms with Crippen molar-refractivity contribution in [2.75, 3.05) is 148 Å². The van der Waals surface area contributed by atoms with E-state index in [4.69, 9.17) is 59.0 Å². The molecule has 4 aromatic carbocycles. The van der Waals surface area contributed by atoms with Crippen molar-refractivity contribution >= 4 is 93.7 Å². The number of likely N-dealkylation sites (N-methyl/N-ethyl adjacent to an activating group) is 2. The molecule has 0 spiro atoms. The van der Waals surface area contributed by atoms with Gasteiger partial charge in [-0.05, 0) is 91.6 Å². The molecule has 5 aromatic rings. The molecule has 646 valence electrons. The van der Waals surface area contributed by atoms with Crippen LogP contribution in [-0.2, 0) is 105 Å². The Hall–Kier alpha value is -10.5. The van der Waals surface area contributed by atoms with Gasteiger partial charge in [0.25, 0.3) is 5.79 Å². The number of amides is 9. The van der Waals surface area contributed by atoms with Crippen molar-refractivity contribution in [2.24, 2.45) is 5.92 Å². The van der Waals surface area contributed by atoms with Crippen molar-refractivity contribution in [1.29, 1.82) is 0 Å². The van der Waals surface area contributed by atoms with Crippen LogP contribution < -0.4 is 20.3 Å². The van der Waals surface area contributed by atoms with Gasteiger partial charge in [0, 0.05) is 146 Å². The number of hydrazine groups is 1. The molecule has 3 aliphatic heterocycles. The molecule has 4 heterocycles. The molecule has 119 heavy (non-hydrogen) atoms. The molecule has 4 bridgehead atoms. The summed E-state index contributed by atoms with van der Waals surface area (Å²) in [7, 11) is 14.4. The van der Waals surface area contributed by atoms with E-state index in [1.54, 1.807) is 56.4 Å². The van der Waals surface area contributed by atoms with E-state index in [9.17, 15) is 48.3 Å². The lowest BCUT2D eigenvalue weighted by molar-refractivity contribution is -0.255. The Morgan fingerprint density at radius 1 is 0.739 bits per heavy atom. The minimum Gasteiger partial charge on any atom is -0.495 e. The molecule has 9 amide bonds. The number of anilines is 1. The summed E-state index contributed by atoms with van der Waals surface area (Å²) < 4.78 is 60.6.